The predicted octanol–water partition coefficient (Wildman–Crippen LogP) is 4.77. The Morgan fingerprint density at radius 2 is 1.81 bits per heavy atom. The molecule has 0 aliphatic heterocycles. The largest absolute Gasteiger partial charge is 0.496 e. The number of hydrogen-bond acceptors (Lipinski definition) is 3. The molecule has 0 amide bonds. The van der Waals surface area contributed by atoms with E-state index in [0.29, 0.717) is 0 Å². The Morgan fingerprint density at radius 1 is 1.14 bits per heavy atom. The minimum Gasteiger partial charge on any atom is -0.496 e. The molecular formula is C18H25NOS. The summed E-state index contributed by atoms with van der Waals surface area (Å²) in [5.41, 5.74) is 5.08. The molecule has 1 heterocycles. The van der Waals surface area contributed by atoms with Crippen molar-refractivity contribution in [2.24, 2.45) is 0 Å². The van der Waals surface area contributed by atoms with E-state index in [-0.39, 0.29) is 6.04 Å². The highest BCUT2D eigenvalue weighted by Crippen LogP contribution is 2.33. The second-order valence-electron chi connectivity index (χ2n) is 5.54. The van der Waals surface area contributed by atoms with Crippen LogP contribution >= 0.6 is 11.3 Å². The molecule has 1 N–H and O–H groups in total. The molecule has 2 rings (SSSR count). The summed E-state index contributed by atoms with van der Waals surface area (Å²) in [6.07, 6.45) is 1.13. The Labute approximate surface area is 132 Å². The van der Waals surface area contributed by atoms with Crippen molar-refractivity contribution < 1.29 is 4.74 Å². The van der Waals surface area contributed by atoms with E-state index < -0.39 is 0 Å². The van der Waals surface area contributed by atoms with E-state index in [0.717, 1.165) is 18.7 Å². The van der Waals surface area contributed by atoms with Crippen molar-refractivity contribution in [2.45, 2.75) is 40.2 Å². The van der Waals surface area contributed by atoms with Gasteiger partial charge in [0.15, 0.2) is 0 Å². The maximum Gasteiger partial charge on any atom is 0.124 e. The lowest BCUT2D eigenvalue weighted by Crippen LogP contribution is -2.23. The van der Waals surface area contributed by atoms with Crippen LogP contribution in [-0.4, -0.2) is 13.7 Å². The summed E-state index contributed by atoms with van der Waals surface area (Å²) in [4.78, 5) is 1.41. The molecule has 1 atom stereocenters. The molecule has 0 radical (unpaired) electrons. The van der Waals surface area contributed by atoms with Crippen molar-refractivity contribution in [2.75, 3.05) is 13.7 Å². The lowest BCUT2D eigenvalue weighted by molar-refractivity contribution is 0.408. The number of methoxy groups -OCH3 is 1. The van der Waals surface area contributed by atoms with Gasteiger partial charge in [-0.05, 0) is 67.4 Å². The van der Waals surface area contributed by atoms with Crippen LogP contribution in [0.3, 0.4) is 0 Å². The third-order valence-electron chi connectivity index (χ3n) is 3.78. The molecule has 3 heteroatoms. The van der Waals surface area contributed by atoms with Gasteiger partial charge in [0.1, 0.15) is 5.75 Å². The Bertz CT molecular complexity index is 580. The van der Waals surface area contributed by atoms with E-state index in [9.17, 15) is 0 Å². The Balaban J connectivity index is 2.44. The quantitative estimate of drug-likeness (QED) is 0.830. The van der Waals surface area contributed by atoms with Gasteiger partial charge in [-0.2, -0.15) is 0 Å². The number of rotatable bonds is 6. The molecule has 0 aliphatic carbocycles. The SMILES string of the molecule is CCCNC(c1cc(C)c(OC)c(C)c1)c1sccc1C. The van der Waals surface area contributed by atoms with Crippen LogP contribution in [0.1, 0.15) is 46.5 Å². The number of aryl methyl sites for hydroxylation is 3. The van der Waals surface area contributed by atoms with E-state index in [1.54, 1.807) is 7.11 Å². The van der Waals surface area contributed by atoms with Gasteiger partial charge in [-0.1, -0.05) is 19.1 Å². The summed E-state index contributed by atoms with van der Waals surface area (Å²) in [6.45, 7) is 9.65. The molecule has 0 saturated carbocycles. The lowest BCUT2D eigenvalue weighted by atomic mass is 9.97. The molecule has 0 fully saturated rings. The highest BCUT2D eigenvalue weighted by molar-refractivity contribution is 7.10. The number of thiophene rings is 1. The molecule has 21 heavy (non-hydrogen) atoms. The zero-order valence-electron chi connectivity index (χ0n) is 13.6. The molecule has 2 nitrogen and oxygen atoms in total. The van der Waals surface area contributed by atoms with Crippen LogP contribution in [0.5, 0.6) is 5.75 Å². The van der Waals surface area contributed by atoms with Gasteiger partial charge in [-0.3, -0.25) is 0 Å². The van der Waals surface area contributed by atoms with Crippen LogP contribution < -0.4 is 10.1 Å². The molecule has 0 aliphatic rings. The third-order valence-corrected chi connectivity index (χ3v) is 4.87. The molecular weight excluding hydrogens is 278 g/mol. The summed E-state index contributed by atoms with van der Waals surface area (Å²) >= 11 is 1.83. The first-order valence-electron chi connectivity index (χ1n) is 7.51. The lowest BCUT2D eigenvalue weighted by Gasteiger charge is -2.21. The highest BCUT2D eigenvalue weighted by Gasteiger charge is 2.18. The van der Waals surface area contributed by atoms with Gasteiger partial charge in [0.05, 0.1) is 13.2 Å². The van der Waals surface area contributed by atoms with Gasteiger partial charge in [-0.15, -0.1) is 11.3 Å². The maximum atomic E-state index is 5.49. The molecule has 0 saturated heterocycles. The average Bonchev–Trinajstić information content (AvgIpc) is 2.85. The first-order valence-corrected chi connectivity index (χ1v) is 8.39. The predicted molar refractivity (Wildman–Crippen MR) is 91.7 cm³/mol. The third kappa shape index (κ3) is 3.47. The number of ether oxygens (including phenoxy) is 1. The number of nitrogens with one attached hydrogen (secondary N) is 1. The smallest absolute Gasteiger partial charge is 0.124 e. The first kappa shape index (κ1) is 16.1. The molecule has 0 bridgehead atoms. The van der Waals surface area contributed by atoms with Crippen molar-refractivity contribution in [1.82, 2.24) is 5.32 Å². The topological polar surface area (TPSA) is 21.3 Å². The molecule has 1 aromatic heterocycles. The van der Waals surface area contributed by atoms with Gasteiger partial charge in [0.2, 0.25) is 0 Å². The second kappa shape index (κ2) is 7.10. The van der Waals surface area contributed by atoms with Crippen LogP contribution in [0.25, 0.3) is 0 Å². The Morgan fingerprint density at radius 3 is 2.29 bits per heavy atom. The summed E-state index contributed by atoms with van der Waals surface area (Å²) in [6, 6.07) is 6.97. The van der Waals surface area contributed by atoms with E-state index in [2.05, 4.69) is 56.6 Å². The fraction of sp³-hybridized carbons (Fsp3) is 0.444. The second-order valence-corrected chi connectivity index (χ2v) is 6.49. The fourth-order valence-electron chi connectivity index (χ4n) is 2.80. The van der Waals surface area contributed by atoms with Crippen molar-refractivity contribution in [3.8, 4) is 5.75 Å². The van der Waals surface area contributed by atoms with Gasteiger partial charge in [-0.25, -0.2) is 0 Å². The standard InChI is InChI=1S/C18H25NOS/c1-6-8-19-16(18-12(2)7-9-21-18)15-10-13(3)17(20-5)14(4)11-15/h7,9-11,16,19H,6,8H2,1-5H3. The molecule has 1 aromatic carbocycles. The molecule has 114 valence electrons. The Hall–Kier alpha value is -1.32. The fourth-order valence-corrected chi connectivity index (χ4v) is 3.83. The average molecular weight is 303 g/mol. The van der Waals surface area contributed by atoms with E-state index in [1.165, 1.54) is 27.1 Å². The Kier molecular flexibility index (Phi) is 5.43. The van der Waals surface area contributed by atoms with E-state index >= 15 is 0 Å². The van der Waals surface area contributed by atoms with Crippen LogP contribution in [0.4, 0.5) is 0 Å². The van der Waals surface area contributed by atoms with Crippen molar-refractivity contribution in [1.29, 1.82) is 0 Å². The zero-order valence-corrected chi connectivity index (χ0v) is 14.4. The highest BCUT2D eigenvalue weighted by atomic mass is 32.1. The van der Waals surface area contributed by atoms with Crippen LogP contribution in [0, 0.1) is 20.8 Å². The normalized spacial score (nSPS) is 12.4. The summed E-state index contributed by atoms with van der Waals surface area (Å²) < 4.78 is 5.49. The number of hydrogen-bond donors (Lipinski definition) is 1. The minimum absolute atomic E-state index is 0.272. The monoisotopic (exact) mass is 303 g/mol. The van der Waals surface area contributed by atoms with Crippen LogP contribution in [-0.2, 0) is 0 Å². The van der Waals surface area contributed by atoms with Gasteiger partial charge in [0, 0.05) is 4.88 Å². The van der Waals surface area contributed by atoms with Crippen molar-refractivity contribution >= 4 is 11.3 Å². The van der Waals surface area contributed by atoms with E-state index in [1.807, 2.05) is 11.3 Å². The van der Waals surface area contributed by atoms with Gasteiger partial charge in [0.25, 0.3) is 0 Å². The molecule has 0 spiro atoms. The maximum absolute atomic E-state index is 5.49. The summed E-state index contributed by atoms with van der Waals surface area (Å²) in [7, 11) is 1.74. The minimum atomic E-state index is 0.272. The van der Waals surface area contributed by atoms with Gasteiger partial charge < -0.3 is 10.1 Å². The molecule has 1 unspecified atom stereocenters. The van der Waals surface area contributed by atoms with Crippen molar-refractivity contribution in [3.63, 3.8) is 0 Å². The zero-order chi connectivity index (χ0) is 15.4. The molecule has 2 aromatic rings. The number of benzene rings is 1. The summed E-state index contributed by atoms with van der Waals surface area (Å²) in [5, 5.41) is 5.87. The first-order chi connectivity index (χ1) is 10.1. The van der Waals surface area contributed by atoms with Crippen LogP contribution in [0.15, 0.2) is 23.6 Å². The summed E-state index contributed by atoms with van der Waals surface area (Å²) in [5.74, 6) is 0.996. The van der Waals surface area contributed by atoms with E-state index in [4.69, 9.17) is 4.74 Å². The van der Waals surface area contributed by atoms with Crippen LogP contribution in [0.2, 0.25) is 0 Å². The van der Waals surface area contributed by atoms with Crippen molar-refractivity contribution in [3.05, 3.63) is 50.7 Å². The van der Waals surface area contributed by atoms with Gasteiger partial charge >= 0.3 is 0 Å².